The highest BCUT2D eigenvalue weighted by Gasteiger charge is 2.07. The van der Waals surface area contributed by atoms with E-state index in [1.54, 1.807) is 0 Å². The Morgan fingerprint density at radius 2 is 1.03 bits per heavy atom. The summed E-state index contributed by atoms with van der Waals surface area (Å²) in [4.78, 5) is 12.6. The van der Waals surface area contributed by atoms with Gasteiger partial charge in [0.05, 0.1) is 0 Å². The second-order valence-electron chi connectivity index (χ2n) is 9.07. The Morgan fingerprint density at radius 3 is 1.58 bits per heavy atom. The highest BCUT2D eigenvalue weighted by atomic mass is 16.1. The number of Topliss-reactive ketones (excluding diaryl/α,β-unsaturated/α-hetero) is 1. The van der Waals surface area contributed by atoms with E-state index in [1.165, 1.54) is 95.5 Å². The third kappa shape index (κ3) is 11.3. The van der Waals surface area contributed by atoms with Crippen LogP contribution in [-0.4, -0.2) is 5.78 Å². The van der Waals surface area contributed by atoms with Crippen LogP contribution in [0.15, 0.2) is 54.6 Å². The molecular weight excluding hydrogens is 376 g/mol. The molecule has 0 aliphatic carbocycles. The molecule has 0 amide bonds. The molecule has 0 N–H and O–H groups in total. The van der Waals surface area contributed by atoms with Crippen LogP contribution in [0.4, 0.5) is 0 Å². The van der Waals surface area contributed by atoms with Crippen LogP contribution in [0.3, 0.4) is 0 Å². The van der Waals surface area contributed by atoms with Gasteiger partial charge in [0, 0.05) is 12.0 Å². The maximum atomic E-state index is 12.6. The van der Waals surface area contributed by atoms with Crippen molar-refractivity contribution in [3.8, 4) is 11.1 Å². The predicted molar refractivity (Wildman–Crippen MR) is 136 cm³/mol. The molecule has 0 aromatic heterocycles. The van der Waals surface area contributed by atoms with Crippen molar-refractivity contribution in [3.63, 3.8) is 0 Å². The first-order valence-electron chi connectivity index (χ1n) is 13.0. The van der Waals surface area contributed by atoms with Gasteiger partial charge in [-0.05, 0) is 23.6 Å². The molecule has 0 radical (unpaired) electrons. The van der Waals surface area contributed by atoms with Crippen LogP contribution in [0.5, 0.6) is 0 Å². The maximum Gasteiger partial charge on any atom is 0.162 e. The van der Waals surface area contributed by atoms with Gasteiger partial charge in [-0.15, -0.1) is 0 Å². The summed E-state index contributed by atoms with van der Waals surface area (Å²) < 4.78 is 0. The maximum absolute atomic E-state index is 12.6. The zero-order valence-electron chi connectivity index (χ0n) is 19.9. The third-order valence-electron chi connectivity index (χ3n) is 6.30. The quantitative estimate of drug-likeness (QED) is 0.173. The SMILES string of the molecule is CCCCCCCCCCCCCCCCCC(=O)c1cccc(-c2ccccc2)c1. The van der Waals surface area contributed by atoms with Crippen molar-refractivity contribution in [2.75, 3.05) is 0 Å². The van der Waals surface area contributed by atoms with Crippen LogP contribution >= 0.6 is 0 Å². The largest absolute Gasteiger partial charge is 0.294 e. The van der Waals surface area contributed by atoms with Gasteiger partial charge in [-0.3, -0.25) is 4.79 Å². The first-order chi connectivity index (χ1) is 15.3. The Labute approximate surface area is 191 Å². The average Bonchev–Trinajstić information content (AvgIpc) is 2.82. The molecule has 1 nitrogen and oxygen atoms in total. The fraction of sp³-hybridized carbons (Fsp3) is 0.567. The van der Waals surface area contributed by atoms with E-state index < -0.39 is 0 Å². The number of benzene rings is 2. The number of rotatable bonds is 18. The number of ketones is 1. The molecule has 0 atom stereocenters. The minimum Gasteiger partial charge on any atom is -0.294 e. The first kappa shape index (κ1) is 25.4. The van der Waals surface area contributed by atoms with Crippen molar-refractivity contribution in [2.45, 2.75) is 110 Å². The van der Waals surface area contributed by atoms with Crippen LogP contribution in [0.1, 0.15) is 120 Å². The van der Waals surface area contributed by atoms with Crippen molar-refractivity contribution in [3.05, 3.63) is 60.2 Å². The molecule has 0 aliphatic heterocycles. The zero-order chi connectivity index (χ0) is 22.0. The van der Waals surface area contributed by atoms with E-state index in [-0.39, 0.29) is 5.78 Å². The number of unbranched alkanes of at least 4 members (excludes halogenated alkanes) is 14. The summed E-state index contributed by atoms with van der Waals surface area (Å²) in [5.74, 6) is 0.285. The second-order valence-corrected chi connectivity index (χ2v) is 9.07. The summed E-state index contributed by atoms with van der Waals surface area (Å²) in [6.07, 6.45) is 21.0. The summed E-state index contributed by atoms with van der Waals surface area (Å²) in [7, 11) is 0. The van der Waals surface area contributed by atoms with Crippen LogP contribution < -0.4 is 0 Å². The first-order valence-corrected chi connectivity index (χ1v) is 13.0. The van der Waals surface area contributed by atoms with E-state index in [0.717, 1.165) is 17.5 Å². The molecule has 2 rings (SSSR count). The van der Waals surface area contributed by atoms with E-state index >= 15 is 0 Å². The summed E-state index contributed by atoms with van der Waals surface area (Å²) in [6.45, 7) is 2.28. The van der Waals surface area contributed by atoms with Gasteiger partial charge >= 0.3 is 0 Å². The molecule has 2 aromatic carbocycles. The highest BCUT2D eigenvalue weighted by molar-refractivity contribution is 5.97. The van der Waals surface area contributed by atoms with Gasteiger partial charge in [-0.2, -0.15) is 0 Å². The lowest BCUT2D eigenvalue weighted by atomic mass is 9.98. The Balaban J connectivity index is 1.46. The molecule has 0 heterocycles. The third-order valence-corrected chi connectivity index (χ3v) is 6.30. The summed E-state index contributed by atoms with van der Waals surface area (Å²) >= 11 is 0. The summed E-state index contributed by atoms with van der Waals surface area (Å²) in [6, 6.07) is 18.4. The molecule has 0 bridgehead atoms. The zero-order valence-corrected chi connectivity index (χ0v) is 19.9. The highest BCUT2D eigenvalue weighted by Crippen LogP contribution is 2.21. The van der Waals surface area contributed by atoms with Crippen LogP contribution in [-0.2, 0) is 0 Å². The topological polar surface area (TPSA) is 17.1 Å². The van der Waals surface area contributed by atoms with E-state index in [4.69, 9.17) is 0 Å². The average molecular weight is 421 g/mol. The molecule has 170 valence electrons. The van der Waals surface area contributed by atoms with Crippen LogP contribution in [0, 0.1) is 0 Å². The van der Waals surface area contributed by atoms with Crippen LogP contribution in [0.2, 0.25) is 0 Å². The minimum atomic E-state index is 0.285. The van der Waals surface area contributed by atoms with Crippen molar-refractivity contribution in [1.82, 2.24) is 0 Å². The van der Waals surface area contributed by atoms with E-state index in [1.807, 2.05) is 36.4 Å². The lowest BCUT2D eigenvalue weighted by molar-refractivity contribution is 0.0979. The van der Waals surface area contributed by atoms with Gasteiger partial charge in [0.1, 0.15) is 0 Å². The van der Waals surface area contributed by atoms with Crippen molar-refractivity contribution in [2.24, 2.45) is 0 Å². The molecule has 0 saturated heterocycles. The van der Waals surface area contributed by atoms with Gasteiger partial charge in [-0.25, -0.2) is 0 Å². The van der Waals surface area contributed by atoms with Gasteiger partial charge in [0.25, 0.3) is 0 Å². The number of hydrogen-bond donors (Lipinski definition) is 0. The molecule has 0 unspecified atom stereocenters. The Morgan fingerprint density at radius 1 is 0.548 bits per heavy atom. The monoisotopic (exact) mass is 420 g/mol. The second kappa shape index (κ2) is 16.8. The van der Waals surface area contributed by atoms with Crippen molar-refractivity contribution < 1.29 is 4.79 Å². The number of hydrogen-bond acceptors (Lipinski definition) is 1. The Kier molecular flexibility index (Phi) is 13.7. The molecule has 0 saturated carbocycles. The summed E-state index contributed by atoms with van der Waals surface area (Å²) in [5.41, 5.74) is 3.15. The van der Waals surface area contributed by atoms with Crippen molar-refractivity contribution in [1.29, 1.82) is 0 Å². The number of carbonyl (C=O) groups is 1. The van der Waals surface area contributed by atoms with E-state index in [9.17, 15) is 4.79 Å². The predicted octanol–water partition coefficient (Wildman–Crippen LogP) is 9.80. The standard InChI is InChI=1S/C30H44O/c1-2-3-4-5-6-7-8-9-10-11-12-13-14-15-19-25-30(31)29-24-20-23-28(26-29)27-21-17-16-18-22-27/h16-18,20-24,26H,2-15,19,25H2,1H3. The molecule has 0 spiro atoms. The minimum absolute atomic E-state index is 0.285. The molecule has 0 fully saturated rings. The van der Waals surface area contributed by atoms with Crippen LogP contribution in [0.25, 0.3) is 11.1 Å². The van der Waals surface area contributed by atoms with Crippen molar-refractivity contribution >= 4 is 5.78 Å². The molecule has 2 aromatic rings. The Hall–Kier alpha value is -1.89. The Bertz CT molecular complexity index is 703. The molecule has 0 aliphatic rings. The smallest absolute Gasteiger partial charge is 0.162 e. The molecular formula is C30H44O. The fourth-order valence-corrected chi connectivity index (χ4v) is 4.30. The van der Waals surface area contributed by atoms with Gasteiger partial charge in [0.15, 0.2) is 5.78 Å². The fourth-order valence-electron chi connectivity index (χ4n) is 4.30. The lowest BCUT2D eigenvalue weighted by Crippen LogP contribution is -1.99. The van der Waals surface area contributed by atoms with E-state index in [2.05, 4.69) is 25.1 Å². The molecule has 1 heteroatoms. The molecule has 31 heavy (non-hydrogen) atoms. The normalized spacial score (nSPS) is 11.0. The van der Waals surface area contributed by atoms with Gasteiger partial charge < -0.3 is 0 Å². The lowest BCUT2D eigenvalue weighted by Gasteiger charge is -2.06. The number of carbonyl (C=O) groups excluding carboxylic acids is 1. The van der Waals surface area contributed by atoms with Gasteiger partial charge in [-0.1, -0.05) is 145 Å². The van der Waals surface area contributed by atoms with Gasteiger partial charge in [0.2, 0.25) is 0 Å². The summed E-state index contributed by atoms with van der Waals surface area (Å²) in [5, 5.41) is 0. The van der Waals surface area contributed by atoms with E-state index in [0.29, 0.717) is 6.42 Å².